The highest BCUT2D eigenvalue weighted by Gasteiger charge is 2.41. The van der Waals surface area contributed by atoms with Crippen LogP contribution in [0.4, 0.5) is 0 Å². The highest BCUT2D eigenvalue weighted by atomic mass is 35.5. The molecule has 3 heteroatoms. The second-order valence-corrected chi connectivity index (χ2v) is 5.95. The van der Waals surface area contributed by atoms with Gasteiger partial charge in [-0.2, -0.15) is 0 Å². The molecule has 0 bridgehead atoms. The van der Waals surface area contributed by atoms with Crippen molar-refractivity contribution in [1.82, 2.24) is 0 Å². The molecule has 1 aliphatic rings. The van der Waals surface area contributed by atoms with E-state index in [-0.39, 0.29) is 11.6 Å². The summed E-state index contributed by atoms with van der Waals surface area (Å²) in [5, 5.41) is 0.632. The number of rotatable bonds is 1. The SMILES string of the molecule is Cc1cc(C)c(C2C(=O)c3ccccc3C2=O)c(C)c1Cl. The Bertz CT molecular complexity index is 755. The molecule has 3 rings (SSSR count). The number of ketones is 2. The summed E-state index contributed by atoms with van der Waals surface area (Å²) in [6.45, 7) is 5.73. The molecule has 0 saturated heterocycles. The molecule has 2 aromatic carbocycles. The molecular formula is C18H15ClO2. The minimum absolute atomic E-state index is 0.123. The second kappa shape index (κ2) is 4.81. The van der Waals surface area contributed by atoms with Gasteiger partial charge in [0, 0.05) is 16.1 Å². The Labute approximate surface area is 128 Å². The van der Waals surface area contributed by atoms with E-state index in [2.05, 4.69) is 0 Å². The summed E-state index contributed by atoms with van der Waals surface area (Å²) in [4.78, 5) is 25.3. The molecule has 0 fully saturated rings. The molecule has 0 unspecified atom stereocenters. The molecule has 0 spiro atoms. The van der Waals surface area contributed by atoms with Crippen molar-refractivity contribution < 1.29 is 9.59 Å². The maximum absolute atomic E-state index is 12.6. The summed E-state index contributed by atoms with van der Waals surface area (Å²) in [6, 6.07) is 8.95. The molecule has 0 atom stereocenters. The van der Waals surface area contributed by atoms with Crippen LogP contribution in [0.2, 0.25) is 5.02 Å². The van der Waals surface area contributed by atoms with Crippen LogP contribution in [-0.2, 0) is 0 Å². The predicted molar refractivity (Wildman–Crippen MR) is 83.5 cm³/mol. The number of Topliss-reactive ketones (excluding diaryl/α,β-unsaturated/α-hetero) is 2. The fourth-order valence-corrected chi connectivity index (χ4v) is 3.38. The number of hydrogen-bond donors (Lipinski definition) is 0. The summed E-state index contributed by atoms with van der Waals surface area (Å²) in [5.41, 5.74) is 4.52. The Kier molecular flexibility index (Phi) is 3.22. The van der Waals surface area contributed by atoms with E-state index < -0.39 is 5.92 Å². The monoisotopic (exact) mass is 298 g/mol. The summed E-state index contributed by atoms with van der Waals surface area (Å²) >= 11 is 6.32. The van der Waals surface area contributed by atoms with Crippen LogP contribution in [0.5, 0.6) is 0 Å². The Balaban J connectivity index is 2.23. The summed E-state index contributed by atoms with van der Waals surface area (Å²) < 4.78 is 0. The van der Waals surface area contributed by atoms with Crippen molar-refractivity contribution >= 4 is 23.2 Å². The first-order valence-corrected chi connectivity index (χ1v) is 7.25. The maximum atomic E-state index is 12.6. The minimum Gasteiger partial charge on any atom is -0.293 e. The van der Waals surface area contributed by atoms with Gasteiger partial charge in [0.1, 0.15) is 5.92 Å². The van der Waals surface area contributed by atoms with Crippen molar-refractivity contribution in [1.29, 1.82) is 0 Å². The average Bonchev–Trinajstić information content (AvgIpc) is 2.71. The Morgan fingerprint density at radius 2 is 1.43 bits per heavy atom. The van der Waals surface area contributed by atoms with Crippen LogP contribution in [-0.4, -0.2) is 11.6 Å². The van der Waals surface area contributed by atoms with Crippen molar-refractivity contribution in [3.63, 3.8) is 0 Å². The van der Waals surface area contributed by atoms with Gasteiger partial charge in [-0.15, -0.1) is 0 Å². The fourth-order valence-electron chi connectivity index (χ4n) is 3.22. The molecule has 0 aromatic heterocycles. The third kappa shape index (κ3) is 1.94. The molecular weight excluding hydrogens is 284 g/mol. The smallest absolute Gasteiger partial charge is 0.178 e. The topological polar surface area (TPSA) is 34.1 Å². The van der Waals surface area contributed by atoms with E-state index in [0.29, 0.717) is 16.1 Å². The van der Waals surface area contributed by atoms with Gasteiger partial charge in [-0.25, -0.2) is 0 Å². The molecule has 0 aliphatic heterocycles. The molecule has 106 valence electrons. The molecule has 2 nitrogen and oxygen atoms in total. The number of halogens is 1. The Hall–Kier alpha value is -1.93. The van der Waals surface area contributed by atoms with Gasteiger partial charge in [0.2, 0.25) is 0 Å². The van der Waals surface area contributed by atoms with E-state index in [1.165, 1.54) is 0 Å². The summed E-state index contributed by atoms with van der Waals surface area (Å²) in [6.07, 6.45) is 0. The average molecular weight is 299 g/mol. The molecule has 1 aliphatic carbocycles. The first-order chi connectivity index (χ1) is 9.93. The van der Waals surface area contributed by atoms with Gasteiger partial charge in [0.15, 0.2) is 11.6 Å². The standard InChI is InChI=1S/C18H15ClO2/c1-9-8-10(2)16(19)11(3)14(9)15-17(20)12-6-4-5-7-13(12)18(15)21/h4-8,15H,1-3H3. The number of fused-ring (bicyclic) bond motifs is 1. The van der Waals surface area contributed by atoms with Crippen molar-refractivity contribution in [3.8, 4) is 0 Å². The van der Waals surface area contributed by atoms with Crippen molar-refractivity contribution in [3.05, 3.63) is 68.7 Å². The lowest BCUT2D eigenvalue weighted by molar-refractivity contribution is 0.0889. The van der Waals surface area contributed by atoms with E-state index in [0.717, 1.165) is 22.3 Å². The van der Waals surface area contributed by atoms with Gasteiger partial charge in [0.05, 0.1) is 0 Å². The van der Waals surface area contributed by atoms with Crippen molar-refractivity contribution in [2.45, 2.75) is 26.7 Å². The summed E-state index contributed by atoms with van der Waals surface area (Å²) in [7, 11) is 0. The first kappa shape index (κ1) is 14.0. The third-order valence-corrected chi connectivity index (χ3v) is 4.79. The number of aryl methyl sites for hydroxylation is 2. The molecule has 21 heavy (non-hydrogen) atoms. The van der Waals surface area contributed by atoms with Crippen LogP contribution in [0.3, 0.4) is 0 Å². The van der Waals surface area contributed by atoms with E-state index in [9.17, 15) is 9.59 Å². The van der Waals surface area contributed by atoms with Crippen LogP contribution < -0.4 is 0 Å². The van der Waals surface area contributed by atoms with Crippen molar-refractivity contribution in [2.75, 3.05) is 0 Å². The van der Waals surface area contributed by atoms with Gasteiger partial charge < -0.3 is 0 Å². The number of benzene rings is 2. The fraction of sp³-hybridized carbons (Fsp3) is 0.222. The molecule has 2 aromatic rings. The van der Waals surface area contributed by atoms with E-state index >= 15 is 0 Å². The van der Waals surface area contributed by atoms with E-state index in [4.69, 9.17) is 11.6 Å². The zero-order valence-electron chi connectivity index (χ0n) is 12.2. The predicted octanol–water partition coefficient (Wildman–Crippen LogP) is 4.43. The largest absolute Gasteiger partial charge is 0.293 e. The van der Waals surface area contributed by atoms with Crippen LogP contribution in [0, 0.1) is 20.8 Å². The number of carbonyl (C=O) groups is 2. The van der Waals surface area contributed by atoms with E-state index in [1.807, 2.05) is 26.8 Å². The van der Waals surface area contributed by atoms with Crippen LogP contribution >= 0.6 is 11.6 Å². The van der Waals surface area contributed by atoms with Gasteiger partial charge in [-0.3, -0.25) is 9.59 Å². The lowest BCUT2D eigenvalue weighted by Gasteiger charge is -2.17. The van der Waals surface area contributed by atoms with Crippen molar-refractivity contribution in [2.24, 2.45) is 0 Å². The van der Waals surface area contributed by atoms with Gasteiger partial charge in [0.25, 0.3) is 0 Å². The Morgan fingerprint density at radius 3 is 1.95 bits per heavy atom. The zero-order chi connectivity index (χ0) is 15.3. The zero-order valence-corrected chi connectivity index (χ0v) is 12.9. The molecule has 0 heterocycles. The molecule has 0 saturated carbocycles. The maximum Gasteiger partial charge on any atom is 0.178 e. The first-order valence-electron chi connectivity index (χ1n) is 6.87. The quantitative estimate of drug-likeness (QED) is 0.730. The molecule has 0 radical (unpaired) electrons. The lowest BCUT2D eigenvalue weighted by Crippen LogP contribution is -2.16. The highest BCUT2D eigenvalue weighted by molar-refractivity contribution is 6.33. The number of carbonyl (C=O) groups excluding carboxylic acids is 2. The number of hydrogen-bond acceptors (Lipinski definition) is 2. The van der Waals surface area contributed by atoms with Gasteiger partial charge in [-0.1, -0.05) is 41.9 Å². The third-order valence-electron chi connectivity index (χ3n) is 4.21. The lowest BCUT2D eigenvalue weighted by atomic mass is 9.86. The van der Waals surface area contributed by atoms with Gasteiger partial charge >= 0.3 is 0 Å². The molecule has 0 amide bonds. The normalized spacial score (nSPS) is 14.7. The van der Waals surface area contributed by atoms with Crippen LogP contribution in [0.1, 0.15) is 48.9 Å². The van der Waals surface area contributed by atoms with Gasteiger partial charge in [-0.05, 0) is 43.0 Å². The summed E-state index contributed by atoms with van der Waals surface area (Å²) in [5.74, 6) is -0.996. The second-order valence-electron chi connectivity index (χ2n) is 5.57. The Morgan fingerprint density at radius 1 is 0.905 bits per heavy atom. The minimum atomic E-state index is -0.750. The van der Waals surface area contributed by atoms with Crippen LogP contribution in [0.25, 0.3) is 0 Å². The van der Waals surface area contributed by atoms with E-state index in [1.54, 1.807) is 24.3 Å². The molecule has 0 N–H and O–H groups in total. The van der Waals surface area contributed by atoms with Crippen LogP contribution in [0.15, 0.2) is 30.3 Å². The highest BCUT2D eigenvalue weighted by Crippen LogP contribution is 2.39.